The van der Waals surface area contributed by atoms with Gasteiger partial charge in [0.15, 0.2) is 6.10 Å². The highest BCUT2D eigenvalue weighted by Gasteiger charge is 2.35. The first-order valence-electron chi connectivity index (χ1n) is 7.11. The molecule has 2 fully saturated rings. The summed E-state index contributed by atoms with van der Waals surface area (Å²) in [6.07, 6.45) is 1.42. The average molecular weight is 330 g/mol. The number of likely N-dealkylation sites (tertiary alicyclic amines) is 1. The monoisotopic (exact) mass is 329 g/mol. The van der Waals surface area contributed by atoms with Gasteiger partial charge in [0.1, 0.15) is 0 Å². The lowest BCUT2D eigenvalue weighted by atomic mass is 10.0. The fourth-order valence-electron chi connectivity index (χ4n) is 2.91. The van der Waals surface area contributed by atoms with Crippen LogP contribution in [0.15, 0.2) is 18.2 Å². The van der Waals surface area contributed by atoms with E-state index in [0.717, 1.165) is 24.9 Å². The van der Waals surface area contributed by atoms with E-state index in [9.17, 15) is 4.79 Å². The van der Waals surface area contributed by atoms with Crippen LogP contribution in [-0.2, 0) is 14.3 Å². The maximum absolute atomic E-state index is 12.6. The predicted molar refractivity (Wildman–Crippen MR) is 80.7 cm³/mol. The van der Waals surface area contributed by atoms with Crippen LogP contribution >= 0.6 is 23.2 Å². The lowest BCUT2D eigenvalue weighted by molar-refractivity contribution is -0.158. The Morgan fingerprint density at radius 1 is 1.24 bits per heavy atom. The highest BCUT2D eigenvalue weighted by Crippen LogP contribution is 2.35. The van der Waals surface area contributed by atoms with Gasteiger partial charge in [-0.05, 0) is 30.5 Å². The predicted octanol–water partition coefficient (Wildman–Crippen LogP) is 3.07. The number of halogens is 2. The van der Waals surface area contributed by atoms with Crippen LogP contribution in [0.5, 0.6) is 0 Å². The summed E-state index contributed by atoms with van der Waals surface area (Å²) in [5.41, 5.74) is 1.02. The van der Waals surface area contributed by atoms with Gasteiger partial charge in [-0.1, -0.05) is 29.3 Å². The van der Waals surface area contributed by atoms with Crippen LogP contribution in [-0.4, -0.2) is 43.3 Å². The Morgan fingerprint density at radius 2 is 2.10 bits per heavy atom. The van der Waals surface area contributed by atoms with E-state index in [0.29, 0.717) is 29.9 Å². The normalized spacial score (nSPS) is 26.1. The molecule has 0 spiro atoms. The Kier molecular flexibility index (Phi) is 4.69. The van der Waals surface area contributed by atoms with Crippen LogP contribution < -0.4 is 0 Å². The first-order chi connectivity index (χ1) is 10.2. The molecule has 1 aromatic carbocycles. The molecule has 0 N–H and O–H groups in total. The Labute approximate surface area is 133 Å². The molecule has 1 aromatic rings. The van der Waals surface area contributed by atoms with Crippen molar-refractivity contribution in [2.24, 2.45) is 0 Å². The third-order valence-electron chi connectivity index (χ3n) is 3.96. The molecular weight excluding hydrogens is 313 g/mol. The first-order valence-corrected chi connectivity index (χ1v) is 7.87. The Morgan fingerprint density at radius 3 is 2.81 bits per heavy atom. The second kappa shape index (κ2) is 6.53. The summed E-state index contributed by atoms with van der Waals surface area (Å²) in [5, 5.41) is 1.05. The molecule has 114 valence electrons. The molecule has 21 heavy (non-hydrogen) atoms. The summed E-state index contributed by atoms with van der Waals surface area (Å²) in [6, 6.07) is 5.60. The van der Waals surface area contributed by atoms with Crippen molar-refractivity contribution in [2.45, 2.75) is 25.0 Å². The second-order valence-electron chi connectivity index (χ2n) is 5.30. The van der Waals surface area contributed by atoms with Gasteiger partial charge in [0.25, 0.3) is 5.91 Å². The molecular formula is C15H17Cl2NO3. The number of carbonyl (C=O) groups excluding carboxylic acids is 1. The topological polar surface area (TPSA) is 38.8 Å². The van der Waals surface area contributed by atoms with Gasteiger partial charge in [-0.15, -0.1) is 0 Å². The number of hydrogen-bond donors (Lipinski definition) is 0. The fourth-order valence-corrected chi connectivity index (χ4v) is 3.22. The van der Waals surface area contributed by atoms with E-state index in [1.54, 1.807) is 6.07 Å². The molecule has 2 saturated heterocycles. The molecule has 4 nitrogen and oxygen atoms in total. The van der Waals surface area contributed by atoms with E-state index >= 15 is 0 Å². The van der Waals surface area contributed by atoms with Crippen LogP contribution in [0.3, 0.4) is 0 Å². The minimum absolute atomic E-state index is 0.00303. The van der Waals surface area contributed by atoms with Gasteiger partial charge in [0.2, 0.25) is 0 Å². The average Bonchev–Trinajstić information content (AvgIpc) is 2.99. The summed E-state index contributed by atoms with van der Waals surface area (Å²) in [4.78, 5) is 14.5. The lowest BCUT2D eigenvalue weighted by Gasteiger charge is -2.31. The third kappa shape index (κ3) is 3.19. The van der Waals surface area contributed by atoms with Gasteiger partial charge in [0, 0.05) is 6.54 Å². The van der Waals surface area contributed by atoms with E-state index in [-0.39, 0.29) is 11.9 Å². The standard InChI is InChI=1S/C15H17Cl2NO3/c16-11-4-3-10(8-12(11)17)13-2-1-5-18(13)15(19)14-9-20-6-7-21-14/h3-4,8,13-14H,1-2,5-7,9H2/t13-,14+/m1/s1. The highest BCUT2D eigenvalue weighted by atomic mass is 35.5. The minimum atomic E-state index is -0.484. The smallest absolute Gasteiger partial charge is 0.254 e. The molecule has 1 amide bonds. The molecule has 0 bridgehead atoms. The van der Waals surface area contributed by atoms with Gasteiger partial charge < -0.3 is 14.4 Å². The van der Waals surface area contributed by atoms with Gasteiger partial charge >= 0.3 is 0 Å². The van der Waals surface area contributed by atoms with Crippen molar-refractivity contribution in [2.75, 3.05) is 26.4 Å². The van der Waals surface area contributed by atoms with Crippen LogP contribution in [0, 0.1) is 0 Å². The summed E-state index contributed by atoms with van der Waals surface area (Å²) >= 11 is 12.0. The largest absolute Gasteiger partial charge is 0.376 e. The molecule has 2 atom stereocenters. The van der Waals surface area contributed by atoms with Gasteiger partial charge in [0.05, 0.1) is 35.9 Å². The quantitative estimate of drug-likeness (QED) is 0.837. The van der Waals surface area contributed by atoms with Crippen molar-refractivity contribution in [1.29, 1.82) is 0 Å². The van der Waals surface area contributed by atoms with Crippen LogP contribution in [0.4, 0.5) is 0 Å². The van der Waals surface area contributed by atoms with Gasteiger partial charge in [-0.3, -0.25) is 4.79 Å². The molecule has 0 unspecified atom stereocenters. The van der Waals surface area contributed by atoms with Gasteiger partial charge in [-0.2, -0.15) is 0 Å². The highest BCUT2D eigenvalue weighted by molar-refractivity contribution is 6.42. The third-order valence-corrected chi connectivity index (χ3v) is 4.69. The Balaban J connectivity index is 1.78. The van der Waals surface area contributed by atoms with Crippen LogP contribution in [0.2, 0.25) is 10.0 Å². The SMILES string of the molecule is O=C([C@@H]1COCCO1)N1CCC[C@@H]1c1ccc(Cl)c(Cl)c1. The number of amides is 1. The van der Waals surface area contributed by atoms with Crippen molar-refractivity contribution in [3.05, 3.63) is 33.8 Å². The van der Waals surface area contributed by atoms with E-state index in [1.165, 1.54) is 0 Å². The van der Waals surface area contributed by atoms with Crippen molar-refractivity contribution in [3.63, 3.8) is 0 Å². The van der Waals surface area contributed by atoms with E-state index in [1.807, 2.05) is 17.0 Å². The van der Waals surface area contributed by atoms with E-state index < -0.39 is 6.10 Å². The van der Waals surface area contributed by atoms with Crippen molar-refractivity contribution in [1.82, 2.24) is 4.90 Å². The molecule has 2 heterocycles. The fraction of sp³-hybridized carbons (Fsp3) is 0.533. The Hall–Kier alpha value is -0.810. The summed E-state index contributed by atoms with van der Waals surface area (Å²) in [6.45, 7) is 2.11. The zero-order valence-electron chi connectivity index (χ0n) is 11.6. The van der Waals surface area contributed by atoms with Crippen molar-refractivity contribution >= 4 is 29.1 Å². The number of rotatable bonds is 2. The zero-order valence-corrected chi connectivity index (χ0v) is 13.1. The van der Waals surface area contributed by atoms with Gasteiger partial charge in [-0.25, -0.2) is 0 Å². The number of ether oxygens (including phenoxy) is 2. The number of hydrogen-bond acceptors (Lipinski definition) is 3. The molecule has 0 saturated carbocycles. The molecule has 3 rings (SSSR count). The second-order valence-corrected chi connectivity index (χ2v) is 6.11. The van der Waals surface area contributed by atoms with E-state index in [4.69, 9.17) is 32.7 Å². The van der Waals surface area contributed by atoms with Crippen molar-refractivity contribution < 1.29 is 14.3 Å². The summed E-state index contributed by atoms with van der Waals surface area (Å²) < 4.78 is 10.8. The summed E-state index contributed by atoms with van der Waals surface area (Å²) in [5.74, 6) is 0.00303. The number of nitrogens with zero attached hydrogens (tertiary/aromatic N) is 1. The van der Waals surface area contributed by atoms with Crippen molar-refractivity contribution in [3.8, 4) is 0 Å². The summed E-state index contributed by atoms with van der Waals surface area (Å²) in [7, 11) is 0. The number of carbonyl (C=O) groups is 1. The zero-order chi connectivity index (χ0) is 14.8. The molecule has 0 aromatic heterocycles. The van der Waals surface area contributed by atoms with Crippen LogP contribution in [0.1, 0.15) is 24.4 Å². The Bertz CT molecular complexity index is 532. The maximum atomic E-state index is 12.6. The first kappa shape index (κ1) is 15.1. The molecule has 2 aliphatic heterocycles. The minimum Gasteiger partial charge on any atom is -0.376 e. The molecule has 0 radical (unpaired) electrons. The molecule has 2 aliphatic rings. The van der Waals surface area contributed by atoms with E-state index in [2.05, 4.69) is 0 Å². The number of benzene rings is 1. The van der Waals surface area contributed by atoms with Crippen LogP contribution in [0.25, 0.3) is 0 Å². The maximum Gasteiger partial charge on any atom is 0.254 e. The lowest BCUT2D eigenvalue weighted by Crippen LogP contribution is -2.45. The molecule has 6 heteroatoms. The molecule has 0 aliphatic carbocycles.